The van der Waals surface area contributed by atoms with Gasteiger partial charge in [0.1, 0.15) is 0 Å². The molecule has 0 aliphatic heterocycles. The fraction of sp³-hybridized carbons (Fsp3) is 0.333. The van der Waals surface area contributed by atoms with E-state index in [1.54, 1.807) is 24.3 Å². The Morgan fingerprint density at radius 1 is 1.53 bits per heavy atom. The van der Waals surface area contributed by atoms with Crippen LogP contribution in [-0.2, 0) is 4.79 Å². The first-order valence-electron chi connectivity index (χ1n) is 5.12. The summed E-state index contributed by atoms with van der Waals surface area (Å²) in [5.74, 6) is -0.838. The summed E-state index contributed by atoms with van der Waals surface area (Å²) in [4.78, 5) is 10.7. The molecule has 1 rings (SSSR count). The maximum absolute atomic E-state index is 10.7. The van der Waals surface area contributed by atoms with Crippen molar-refractivity contribution in [3.05, 3.63) is 35.4 Å². The van der Waals surface area contributed by atoms with Crippen LogP contribution in [-0.4, -0.2) is 17.6 Å². The van der Waals surface area contributed by atoms with Gasteiger partial charge in [-0.25, -0.2) is 0 Å². The normalized spacial score (nSPS) is 11.1. The van der Waals surface area contributed by atoms with Gasteiger partial charge in [-0.2, -0.15) is 5.26 Å². The Labute approximate surface area is 114 Å². The van der Waals surface area contributed by atoms with Crippen molar-refractivity contribution in [2.75, 3.05) is 6.54 Å². The van der Waals surface area contributed by atoms with Crippen molar-refractivity contribution >= 4 is 5.97 Å². The Kier molecular flexibility index (Phi) is 7.33. The number of carboxylic acids is 1. The smallest absolute Gasteiger partial charge is 1.00 e. The zero-order valence-electron chi connectivity index (χ0n) is 11.1. The molecule has 0 amide bonds. The number of aliphatic carboxylic acids is 1. The zero-order chi connectivity index (χ0) is 12.0. The summed E-state index contributed by atoms with van der Waals surface area (Å²) < 4.78 is 0. The molecule has 1 aromatic rings. The Hall–Kier alpha value is -1.26. The van der Waals surface area contributed by atoms with Gasteiger partial charge in [0.25, 0.3) is 0 Å². The standard InChI is InChI=1S/C12H14N2O2.Li.H/c1-2-14-11(7-12(15)16)10-5-3-9(8-13)4-6-10;;/h3-6,11,14H,2,7H2,1H3,(H,15,16);;/q;+1;-1. The molecule has 1 atom stereocenters. The molecule has 0 bridgehead atoms. The molecule has 0 saturated carbocycles. The minimum atomic E-state index is -0.838. The van der Waals surface area contributed by atoms with Gasteiger partial charge in [0, 0.05) is 6.04 Å². The largest absolute Gasteiger partial charge is 1.00 e. The Morgan fingerprint density at radius 3 is 2.53 bits per heavy atom. The van der Waals surface area contributed by atoms with Crippen molar-refractivity contribution in [2.24, 2.45) is 0 Å². The molecule has 0 spiro atoms. The second-order valence-electron chi connectivity index (χ2n) is 3.44. The van der Waals surface area contributed by atoms with Crippen molar-refractivity contribution in [1.29, 1.82) is 5.26 Å². The van der Waals surface area contributed by atoms with Gasteiger partial charge in [0.05, 0.1) is 18.1 Å². The fourth-order valence-electron chi connectivity index (χ4n) is 1.52. The van der Waals surface area contributed by atoms with Gasteiger partial charge in [-0.05, 0) is 24.2 Å². The third-order valence-corrected chi connectivity index (χ3v) is 2.27. The van der Waals surface area contributed by atoms with Gasteiger partial charge in [-0.15, -0.1) is 0 Å². The van der Waals surface area contributed by atoms with Crippen LogP contribution in [0.4, 0.5) is 0 Å². The number of nitrogens with zero attached hydrogens (tertiary/aromatic N) is 1. The number of rotatable bonds is 5. The summed E-state index contributed by atoms with van der Waals surface area (Å²) in [5, 5.41) is 20.5. The van der Waals surface area contributed by atoms with Crippen LogP contribution < -0.4 is 24.2 Å². The predicted molar refractivity (Wildman–Crippen MR) is 60.9 cm³/mol. The van der Waals surface area contributed by atoms with Crippen LogP contribution in [0.15, 0.2) is 24.3 Å². The molecule has 17 heavy (non-hydrogen) atoms. The van der Waals surface area contributed by atoms with E-state index in [-0.39, 0.29) is 32.7 Å². The number of hydrogen-bond donors (Lipinski definition) is 2. The minimum Gasteiger partial charge on any atom is -1.00 e. The van der Waals surface area contributed by atoms with E-state index in [4.69, 9.17) is 10.4 Å². The van der Waals surface area contributed by atoms with E-state index in [0.29, 0.717) is 12.1 Å². The summed E-state index contributed by atoms with van der Waals surface area (Å²) in [6.07, 6.45) is 0.0414. The van der Waals surface area contributed by atoms with Crippen LogP contribution in [0.5, 0.6) is 0 Å². The van der Waals surface area contributed by atoms with Crippen molar-refractivity contribution in [2.45, 2.75) is 19.4 Å². The van der Waals surface area contributed by atoms with Crippen LogP contribution >= 0.6 is 0 Å². The quantitative estimate of drug-likeness (QED) is 0.618. The van der Waals surface area contributed by atoms with Gasteiger partial charge in [0.15, 0.2) is 0 Å². The molecule has 0 aliphatic rings. The zero-order valence-corrected chi connectivity index (χ0v) is 10.1. The van der Waals surface area contributed by atoms with E-state index in [0.717, 1.165) is 5.56 Å². The number of carbonyl (C=O) groups is 1. The summed E-state index contributed by atoms with van der Waals surface area (Å²) in [6.45, 7) is 2.64. The van der Waals surface area contributed by atoms with Crippen LogP contribution in [0.2, 0.25) is 0 Å². The number of nitriles is 1. The molecule has 0 radical (unpaired) electrons. The topological polar surface area (TPSA) is 73.1 Å². The summed E-state index contributed by atoms with van der Waals surface area (Å²) in [5.41, 5.74) is 1.47. The van der Waals surface area contributed by atoms with Crippen molar-refractivity contribution in [1.82, 2.24) is 5.32 Å². The SMILES string of the molecule is CCNC(CC(=O)O)c1ccc(C#N)cc1.[H-].[Li+]. The van der Waals surface area contributed by atoms with E-state index in [2.05, 4.69) is 5.32 Å². The molecule has 5 heteroatoms. The molecule has 2 N–H and O–H groups in total. The van der Waals surface area contributed by atoms with Crippen LogP contribution in [0.1, 0.15) is 31.9 Å². The Balaban J connectivity index is 0. The Bertz CT molecular complexity index is 404. The van der Waals surface area contributed by atoms with Crippen LogP contribution in [0.25, 0.3) is 0 Å². The van der Waals surface area contributed by atoms with Gasteiger partial charge in [-0.1, -0.05) is 19.1 Å². The van der Waals surface area contributed by atoms with E-state index >= 15 is 0 Å². The Morgan fingerprint density at radius 2 is 2.12 bits per heavy atom. The molecule has 0 aromatic heterocycles. The number of benzene rings is 1. The average molecular weight is 226 g/mol. The number of nitrogens with one attached hydrogen (secondary N) is 1. The third-order valence-electron chi connectivity index (χ3n) is 2.27. The van der Waals surface area contributed by atoms with Crippen LogP contribution in [0, 0.1) is 11.3 Å². The first kappa shape index (κ1) is 15.7. The second-order valence-corrected chi connectivity index (χ2v) is 3.44. The number of carboxylic acid groups (broad SMARTS) is 1. The minimum absolute atomic E-state index is 0. The fourth-order valence-corrected chi connectivity index (χ4v) is 1.52. The molecule has 0 fully saturated rings. The maximum Gasteiger partial charge on any atom is 1.00 e. The molecule has 0 saturated heterocycles. The second kappa shape index (κ2) is 7.92. The van der Waals surface area contributed by atoms with Gasteiger partial charge < -0.3 is 11.8 Å². The van der Waals surface area contributed by atoms with Gasteiger partial charge in [-0.3, -0.25) is 4.79 Å². The first-order chi connectivity index (χ1) is 7.67. The predicted octanol–water partition coefficient (Wildman–Crippen LogP) is -1.20. The first-order valence-corrected chi connectivity index (χ1v) is 5.12. The molecule has 4 nitrogen and oxygen atoms in total. The maximum atomic E-state index is 10.7. The van der Waals surface area contributed by atoms with E-state index in [1.807, 2.05) is 13.0 Å². The molecule has 86 valence electrons. The van der Waals surface area contributed by atoms with E-state index < -0.39 is 5.97 Å². The summed E-state index contributed by atoms with van der Waals surface area (Å²) in [6, 6.07) is 8.80. The monoisotopic (exact) mass is 226 g/mol. The molecule has 1 unspecified atom stereocenters. The molecule has 0 aliphatic carbocycles. The van der Waals surface area contributed by atoms with Crippen molar-refractivity contribution in [3.63, 3.8) is 0 Å². The van der Waals surface area contributed by atoms with Gasteiger partial charge >= 0.3 is 24.8 Å². The average Bonchev–Trinajstić information content (AvgIpc) is 2.28. The van der Waals surface area contributed by atoms with Crippen molar-refractivity contribution < 1.29 is 30.2 Å². The summed E-state index contributed by atoms with van der Waals surface area (Å²) in [7, 11) is 0. The number of hydrogen-bond acceptors (Lipinski definition) is 3. The summed E-state index contributed by atoms with van der Waals surface area (Å²) >= 11 is 0. The van der Waals surface area contributed by atoms with E-state index in [9.17, 15) is 4.79 Å². The third kappa shape index (κ3) is 5.06. The van der Waals surface area contributed by atoms with E-state index in [1.165, 1.54) is 0 Å². The molecule has 1 aromatic carbocycles. The van der Waals surface area contributed by atoms with Crippen molar-refractivity contribution in [3.8, 4) is 6.07 Å². The van der Waals surface area contributed by atoms with Crippen LogP contribution in [0.3, 0.4) is 0 Å². The molecular weight excluding hydrogens is 211 g/mol. The molecular formula is C12H15LiN2O2. The molecule has 0 heterocycles. The van der Waals surface area contributed by atoms with Gasteiger partial charge in [0.2, 0.25) is 0 Å².